The van der Waals surface area contributed by atoms with Gasteiger partial charge in [0.05, 0.1) is 31.5 Å². The Balaban J connectivity index is 1.43. The maximum Gasteiger partial charge on any atom is 0.255 e. The molecule has 1 amide bonds. The van der Waals surface area contributed by atoms with Crippen molar-refractivity contribution in [1.82, 2.24) is 15.2 Å². The molecule has 2 aromatic carbocycles. The molecule has 0 aliphatic carbocycles. The Morgan fingerprint density at radius 1 is 1.10 bits per heavy atom. The zero-order valence-corrected chi connectivity index (χ0v) is 22.9. The zero-order valence-electron chi connectivity index (χ0n) is 22.9. The number of fused-ring (bicyclic) bond motifs is 1. The Bertz CT molecular complexity index is 1550. The molecule has 5 rings (SSSR count). The number of rotatable bonds is 9. The molecule has 0 atom stereocenters. The number of nitriles is 1. The average molecular weight is 541 g/mol. The van der Waals surface area contributed by atoms with Crippen molar-refractivity contribution >= 4 is 17.0 Å². The Kier molecular flexibility index (Phi) is 8.29. The molecular formula is C31H32N4O5. The van der Waals surface area contributed by atoms with Gasteiger partial charge >= 0.3 is 0 Å². The Labute approximate surface area is 233 Å². The zero-order chi connectivity index (χ0) is 28.1. The average Bonchev–Trinajstić information content (AvgIpc) is 3.42. The van der Waals surface area contributed by atoms with Crippen LogP contribution in [-0.4, -0.2) is 69.4 Å². The number of aromatic nitrogens is 1. The van der Waals surface area contributed by atoms with Crippen molar-refractivity contribution in [3.8, 4) is 40.0 Å². The van der Waals surface area contributed by atoms with Crippen LogP contribution in [0.15, 0.2) is 59.1 Å². The number of nitrogens with one attached hydrogen (secondary N) is 1. The van der Waals surface area contributed by atoms with Crippen molar-refractivity contribution in [3.63, 3.8) is 0 Å². The molecule has 3 heterocycles. The van der Waals surface area contributed by atoms with E-state index in [0.717, 1.165) is 36.1 Å². The minimum absolute atomic E-state index is 0.0412. The van der Waals surface area contributed by atoms with Gasteiger partial charge in [0.25, 0.3) is 5.91 Å². The number of methoxy groups -OCH3 is 1. The van der Waals surface area contributed by atoms with Gasteiger partial charge in [0.15, 0.2) is 5.58 Å². The molecule has 1 aliphatic heterocycles. The van der Waals surface area contributed by atoms with Crippen molar-refractivity contribution < 1.29 is 23.4 Å². The molecule has 2 aromatic heterocycles. The summed E-state index contributed by atoms with van der Waals surface area (Å²) < 4.78 is 23.4. The number of nitrogens with zero attached hydrogens (tertiary/aromatic N) is 3. The minimum Gasteiger partial charge on any atom is -0.496 e. The summed E-state index contributed by atoms with van der Waals surface area (Å²) >= 11 is 0. The van der Waals surface area contributed by atoms with Crippen LogP contribution >= 0.6 is 0 Å². The van der Waals surface area contributed by atoms with Crippen LogP contribution < -0.4 is 14.8 Å². The molecule has 9 nitrogen and oxygen atoms in total. The molecule has 0 radical (unpaired) electrons. The summed E-state index contributed by atoms with van der Waals surface area (Å²) in [7, 11) is 5.45. The monoisotopic (exact) mass is 540 g/mol. The van der Waals surface area contributed by atoms with E-state index in [2.05, 4.69) is 16.4 Å². The predicted octanol–water partition coefficient (Wildman–Crippen LogP) is 4.89. The lowest BCUT2D eigenvalue weighted by atomic mass is 10.0. The third-order valence-corrected chi connectivity index (χ3v) is 6.86. The van der Waals surface area contributed by atoms with Gasteiger partial charge in [-0.2, -0.15) is 5.26 Å². The van der Waals surface area contributed by atoms with Crippen LogP contribution in [0.3, 0.4) is 0 Å². The molecule has 0 bridgehead atoms. The summed E-state index contributed by atoms with van der Waals surface area (Å²) in [5.41, 5.74) is 4.59. The van der Waals surface area contributed by atoms with Gasteiger partial charge in [0, 0.05) is 49.3 Å². The number of benzene rings is 2. The van der Waals surface area contributed by atoms with Crippen LogP contribution in [0.25, 0.3) is 33.6 Å². The SMILES string of the molecule is COc1cc(-c2cc3nccc(-c4ccc(OC5CCOCC5)c(C#N)c4)c3o2)ccc1C(=O)NCCN(C)C. The molecule has 1 aliphatic rings. The molecule has 0 spiro atoms. The van der Waals surface area contributed by atoms with Crippen LogP contribution in [0, 0.1) is 11.3 Å². The van der Waals surface area contributed by atoms with E-state index in [1.54, 1.807) is 18.3 Å². The second kappa shape index (κ2) is 12.2. The van der Waals surface area contributed by atoms with Crippen molar-refractivity contribution in [2.75, 3.05) is 47.5 Å². The third kappa shape index (κ3) is 5.93. The van der Waals surface area contributed by atoms with Gasteiger partial charge in [-0.15, -0.1) is 0 Å². The summed E-state index contributed by atoms with van der Waals surface area (Å²) in [5, 5.41) is 12.8. The fourth-order valence-corrected chi connectivity index (χ4v) is 4.69. The smallest absolute Gasteiger partial charge is 0.255 e. The fraction of sp³-hybridized carbons (Fsp3) is 0.323. The molecule has 1 fully saturated rings. The van der Waals surface area contributed by atoms with E-state index in [-0.39, 0.29) is 12.0 Å². The lowest BCUT2D eigenvalue weighted by molar-refractivity contribution is 0.0254. The van der Waals surface area contributed by atoms with Crippen LogP contribution in [0.4, 0.5) is 0 Å². The summed E-state index contributed by atoms with van der Waals surface area (Å²) in [6, 6.07) is 16.9. The van der Waals surface area contributed by atoms with Crippen molar-refractivity contribution in [3.05, 3.63) is 65.9 Å². The van der Waals surface area contributed by atoms with Crippen molar-refractivity contribution in [1.29, 1.82) is 5.26 Å². The topological polar surface area (TPSA) is 110 Å². The van der Waals surface area contributed by atoms with Gasteiger partial charge in [0.1, 0.15) is 34.9 Å². The Morgan fingerprint density at radius 3 is 2.65 bits per heavy atom. The molecule has 4 aromatic rings. The lowest BCUT2D eigenvalue weighted by Crippen LogP contribution is -2.31. The predicted molar refractivity (Wildman–Crippen MR) is 152 cm³/mol. The summed E-state index contributed by atoms with van der Waals surface area (Å²) in [6.45, 7) is 2.60. The molecule has 1 N–H and O–H groups in total. The molecule has 9 heteroatoms. The molecule has 0 saturated carbocycles. The first-order valence-corrected chi connectivity index (χ1v) is 13.3. The Hall–Kier alpha value is -4.39. The highest BCUT2D eigenvalue weighted by Crippen LogP contribution is 2.37. The van der Waals surface area contributed by atoms with Gasteiger partial charge < -0.3 is 28.8 Å². The number of hydrogen-bond donors (Lipinski definition) is 1. The Morgan fingerprint density at radius 2 is 1.90 bits per heavy atom. The largest absolute Gasteiger partial charge is 0.496 e. The quantitative estimate of drug-likeness (QED) is 0.320. The number of likely N-dealkylation sites (N-methyl/N-ethyl adjacent to an activating group) is 1. The van der Waals surface area contributed by atoms with Gasteiger partial charge in [-0.3, -0.25) is 9.78 Å². The number of ether oxygens (including phenoxy) is 3. The van der Waals surface area contributed by atoms with Crippen LogP contribution in [0.1, 0.15) is 28.8 Å². The van der Waals surface area contributed by atoms with E-state index in [1.165, 1.54) is 7.11 Å². The van der Waals surface area contributed by atoms with Gasteiger partial charge in [-0.1, -0.05) is 12.1 Å². The molecule has 206 valence electrons. The number of carbonyl (C=O) groups excluding carboxylic acids is 1. The van der Waals surface area contributed by atoms with E-state index in [0.29, 0.717) is 59.2 Å². The van der Waals surface area contributed by atoms with Gasteiger partial charge in [-0.05, 0) is 50.0 Å². The summed E-state index contributed by atoms with van der Waals surface area (Å²) in [6.07, 6.45) is 3.37. The number of hydrogen-bond acceptors (Lipinski definition) is 8. The standard InChI is InChI=1S/C31H32N4O5/c1-35(2)13-12-34-31(36)25-6-4-21(17-29(25)37-3)28-18-26-30(40-28)24(8-11-33-26)20-5-7-27(22(16-20)19-32)39-23-9-14-38-15-10-23/h4-8,11,16-18,23H,9-10,12-15H2,1-3H3,(H,34,36). The third-order valence-electron chi connectivity index (χ3n) is 6.86. The summed E-state index contributed by atoms with van der Waals surface area (Å²) in [4.78, 5) is 19.2. The highest BCUT2D eigenvalue weighted by Gasteiger charge is 2.20. The highest BCUT2D eigenvalue weighted by molar-refractivity contribution is 5.98. The van der Waals surface area contributed by atoms with Crippen LogP contribution in [-0.2, 0) is 4.74 Å². The normalized spacial score (nSPS) is 13.8. The number of pyridine rings is 1. The molecule has 40 heavy (non-hydrogen) atoms. The van der Waals surface area contributed by atoms with E-state index in [4.69, 9.17) is 18.6 Å². The summed E-state index contributed by atoms with van der Waals surface area (Å²) in [5.74, 6) is 1.41. The number of amides is 1. The van der Waals surface area contributed by atoms with Crippen molar-refractivity contribution in [2.45, 2.75) is 18.9 Å². The maximum atomic E-state index is 12.7. The molecule has 0 unspecified atom stereocenters. The van der Waals surface area contributed by atoms with Crippen LogP contribution in [0.5, 0.6) is 11.5 Å². The first-order chi connectivity index (χ1) is 19.5. The second-order valence-electron chi connectivity index (χ2n) is 9.91. The second-order valence-corrected chi connectivity index (χ2v) is 9.91. The first-order valence-electron chi connectivity index (χ1n) is 13.3. The van der Waals surface area contributed by atoms with Gasteiger partial charge in [-0.25, -0.2) is 0 Å². The minimum atomic E-state index is -0.198. The van der Waals surface area contributed by atoms with E-state index >= 15 is 0 Å². The molecular weight excluding hydrogens is 508 g/mol. The van der Waals surface area contributed by atoms with Crippen LogP contribution in [0.2, 0.25) is 0 Å². The van der Waals surface area contributed by atoms with Crippen molar-refractivity contribution in [2.24, 2.45) is 0 Å². The number of carbonyl (C=O) groups is 1. The van der Waals surface area contributed by atoms with E-state index in [1.807, 2.05) is 55.4 Å². The fourth-order valence-electron chi connectivity index (χ4n) is 4.69. The molecule has 1 saturated heterocycles. The first kappa shape index (κ1) is 27.2. The van der Waals surface area contributed by atoms with Gasteiger partial charge in [0.2, 0.25) is 0 Å². The maximum absolute atomic E-state index is 12.7. The highest BCUT2D eigenvalue weighted by atomic mass is 16.5. The van der Waals surface area contributed by atoms with E-state index in [9.17, 15) is 10.1 Å². The number of furan rings is 1. The van der Waals surface area contributed by atoms with E-state index < -0.39 is 0 Å². The lowest BCUT2D eigenvalue weighted by Gasteiger charge is -2.23.